The molecule has 0 aliphatic heterocycles. The topological polar surface area (TPSA) is 41.2 Å². The van der Waals surface area contributed by atoms with Gasteiger partial charge in [-0.05, 0) is 18.9 Å². The molecule has 3 heteroatoms. The second-order valence-electron chi connectivity index (χ2n) is 4.14. The molecule has 0 amide bonds. The quantitative estimate of drug-likeness (QED) is 0.753. The van der Waals surface area contributed by atoms with Crippen molar-refractivity contribution in [2.24, 2.45) is 0 Å². The summed E-state index contributed by atoms with van der Waals surface area (Å²) in [5.74, 6) is -0.847. The third-order valence-electron chi connectivity index (χ3n) is 3.07. The number of rotatable bonds is 2. The summed E-state index contributed by atoms with van der Waals surface area (Å²) in [6.07, 6.45) is 9.90. The maximum Gasteiger partial charge on any atom is 0.341 e. The first-order valence-corrected chi connectivity index (χ1v) is 5.51. The summed E-state index contributed by atoms with van der Waals surface area (Å²) in [6.45, 7) is 0. The van der Waals surface area contributed by atoms with E-state index in [4.69, 9.17) is 5.11 Å². The third kappa shape index (κ3) is 2.35. The molecule has 80 valence electrons. The molecule has 0 unspecified atom stereocenters. The zero-order valence-electron chi connectivity index (χ0n) is 8.72. The van der Waals surface area contributed by atoms with Gasteiger partial charge in [-0.1, -0.05) is 6.42 Å². The first-order valence-electron chi connectivity index (χ1n) is 5.51. The Bertz CT molecular complexity index is 356. The minimum absolute atomic E-state index is 0.378. The van der Waals surface area contributed by atoms with Gasteiger partial charge in [0.15, 0.2) is 18.4 Å². The van der Waals surface area contributed by atoms with Gasteiger partial charge in [0.25, 0.3) is 0 Å². The number of nitrogens with zero attached hydrogens (tertiary/aromatic N) is 1. The number of pyridine rings is 1. The van der Waals surface area contributed by atoms with E-state index >= 15 is 0 Å². The molecule has 0 atom stereocenters. The Balaban J connectivity index is 2.19. The molecule has 1 saturated carbocycles. The largest absolute Gasteiger partial charge is 0.477 e. The number of carboxylic acid groups (broad SMARTS) is 1. The van der Waals surface area contributed by atoms with E-state index in [0.717, 1.165) is 0 Å². The number of carbonyl (C=O) groups is 1. The summed E-state index contributed by atoms with van der Waals surface area (Å²) in [5.41, 5.74) is 0.378. The molecule has 1 N–H and O–H groups in total. The van der Waals surface area contributed by atoms with Crippen LogP contribution < -0.4 is 4.57 Å². The first kappa shape index (κ1) is 10.1. The van der Waals surface area contributed by atoms with Crippen LogP contribution in [0.25, 0.3) is 0 Å². The smallest absolute Gasteiger partial charge is 0.341 e. The van der Waals surface area contributed by atoms with Crippen LogP contribution in [0.5, 0.6) is 0 Å². The highest BCUT2D eigenvalue weighted by molar-refractivity contribution is 5.86. The number of carboxylic acids is 1. The first-order chi connectivity index (χ1) is 7.27. The average molecular weight is 206 g/mol. The Kier molecular flexibility index (Phi) is 2.99. The second-order valence-corrected chi connectivity index (χ2v) is 4.14. The third-order valence-corrected chi connectivity index (χ3v) is 3.07. The predicted octanol–water partition coefficient (Wildman–Crippen LogP) is 2.18. The summed E-state index contributed by atoms with van der Waals surface area (Å²) in [7, 11) is 0. The summed E-state index contributed by atoms with van der Waals surface area (Å²) in [5, 5.41) is 8.89. The number of aromatic carboxylic acids is 1. The van der Waals surface area contributed by atoms with Crippen molar-refractivity contribution < 1.29 is 14.5 Å². The number of hydrogen-bond donors (Lipinski definition) is 1. The normalized spacial score (nSPS) is 17.6. The van der Waals surface area contributed by atoms with E-state index < -0.39 is 5.97 Å². The maximum absolute atomic E-state index is 10.8. The lowest BCUT2D eigenvalue weighted by molar-refractivity contribution is -0.725. The van der Waals surface area contributed by atoms with Gasteiger partial charge in [-0.25, -0.2) is 9.36 Å². The standard InChI is InChI=1S/C12H15NO2/c14-12(15)10-5-4-8-13(9-10)11-6-2-1-3-7-11/h4-5,8-9,11H,1-3,6-7H2/p+1. The zero-order valence-corrected chi connectivity index (χ0v) is 8.72. The lowest BCUT2D eigenvalue weighted by Crippen LogP contribution is -2.40. The van der Waals surface area contributed by atoms with E-state index in [0.29, 0.717) is 11.6 Å². The molecule has 1 aromatic rings. The maximum atomic E-state index is 10.8. The van der Waals surface area contributed by atoms with Gasteiger partial charge >= 0.3 is 5.97 Å². The molecule has 1 heterocycles. The predicted molar refractivity (Wildman–Crippen MR) is 55.7 cm³/mol. The van der Waals surface area contributed by atoms with E-state index in [9.17, 15) is 4.79 Å². The fraction of sp³-hybridized carbons (Fsp3) is 0.500. The average Bonchev–Trinajstić information content (AvgIpc) is 2.30. The van der Waals surface area contributed by atoms with Crippen molar-refractivity contribution in [3.8, 4) is 0 Å². The number of hydrogen-bond acceptors (Lipinski definition) is 1. The minimum Gasteiger partial charge on any atom is -0.477 e. The lowest BCUT2D eigenvalue weighted by Gasteiger charge is -2.17. The molecule has 1 aliphatic rings. The highest BCUT2D eigenvalue weighted by Gasteiger charge is 2.22. The van der Waals surface area contributed by atoms with Gasteiger partial charge < -0.3 is 5.11 Å². The Hall–Kier alpha value is -1.38. The van der Waals surface area contributed by atoms with E-state index in [-0.39, 0.29) is 0 Å². The lowest BCUT2D eigenvalue weighted by atomic mass is 9.95. The van der Waals surface area contributed by atoms with Crippen molar-refractivity contribution in [2.45, 2.75) is 38.1 Å². The van der Waals surface area contributed by atoms with Crippen molar-refractivity contribution in [2.75, 3.05) is 0 Å². The van der Waals surface area contributed by atoms with Crippen molar-refractivity contribution in [1.82, 2.24) is 0 Å². The van der Waals surface area contributed by atoms with Crippen LogP contribution in [0.1, 0.15) is 48.5 Å². The Labute approximate surface area is 89.4 Å². The molecule has 1 fully saturated rings. The van der Waals surface area contributed by atoms with E-state index in [1.165, 1.54) is 32.1 Å². The van der Waals surface area contributed by atoms with Crippen LogP contribution >= 0.6 is 0 Å². The van der Waals surface area contributed by atoms with E-state index in [1.54, 1.807) is 12.3 Å². The zero-order chi connectivity index (χ0) is 10.7. The van der Waals surface area contributed by atoms with Gasteiger partial charge in [0, 0.05) is 18.9 Å². The van der Waals surface area contributed by atoms with Crippen LogP contribution in [0.4, 0.5) is 0 Å². The molecule has 15 heavy (non-hydrogen) atoms. The molecule has 2 rings (SSSR count). The van der Waals surface area contributed by atoms with E-state index in [2.05, 4.69) is 4.57 Å². The van der Waals surface area contributed by atoms with Gasteiger partial charge in [0.2, 0.25) is 0 Å². The fourth-order valence-corrected chi connectivity index (χ4v) is 2.23. The Morgan fingerprint density at radius 3 is 2.73 bits per heavy atom. The van der Waals surface area contributed by atoms with Crippen LogP contribution in [-0.2, 0) is 0 Å². The SMILES string of the molecule is O=C(O)c1ccc[n+](C2CCCCC2)c1. The van der Waals surface area contributed by atoms with Gasteiger partial charge in [0.05, 0.1) is 0 Å². The van der Waals surface area contributed by atoms with Crippen LogP contribution in [0.15, 0.2) is 24.5 Å². The minimum atomic E-state index is -0.847. The van der Waals surface area contributed by atoms with Crippen molar-refractivity contribution >= 4 is 5.97 Å². The highest BCUT2D eigenvalue weighted by atomic mass is 16.4. The Morgan fingerprint density at radius 2 is 2.07 bits per heavy atom. The van der Waals surface area contributed by atoms with E-state index in [1.807, 2.05) is 12.3 Å². The summed E-state index contributed by atoms with van der Waals surface area (Å²) in [6, 6.07) is 3.96. The molecule has 1 aliphatic carbocycles. The molecular weight excluding hydrogens is 190 g/mol. The molecule has 1 aromatic heterocycles. The molecule has 0 saturated heterocycles. The molecule has 0 radical (unpaired) electrons. The highest BCUT2D eigenvalue weighted by Crippen LogP contribution is 2.23. The molecule has 0 aromatic carbocycles. The molecule has 3 nitrogen and oxygen atoms in total. The summed E-state index contributed by atoms with van der Waals surface area (Å²) in [4.78, 5) is 10.8. The van der Waals surface area contributed by atoms with Crippen molar-refractivity contribution in [3.05, 3.63) is 30.1 Å². The number of aromatic nitrogens is 1. The molecule has 0 spiro atoms. The van der Waals surface area contributed by atoms with Crippen LogP contribution in [-0.4, -0.2) is 11.1 Å². The van der Waals surface area contributed by atoms with Crippen LogP contribution in [0.2, 0.25) is 0 Å². The fourth-order valence-electron chi connectivity index (χ4n) is 2.23. The van der Waals surface area contributed by atoms with Gasteiger partial charge in [-0.2, -0.15) is 0 Å². The van der Waals surface area contributed by atoms with Crippen molar-refractivity contribution in [3.63, 3.8) is 0 Å². The summed E-state index contributed by atoms with van der Waals surface area (Å²) < 4.78 is 2.06. The van der Waals surface area contributed by atoms with Crippen LogP contribution in [0.3, 0.4) is 0 Å². The van der Waals surface area contributed by atoms with Crippen molar-refractivity contribution in [1.29, 1.82) is 0 Å². The molecule has 0 bridgehead atoms. The van der Waals surface area contributed by atoms with Gasteiger partial charge in [0.1, 0.15) is 5.56 Å². The molecular formula is C12H16NO2+. The summed E-state index contributed by atoms with van der Waals surface area (Å²) >= 11 is 0. The van der Waals surface area contributed by atoms with Crippen LogP contribution in [0, 0.1) is 0 Å². The van der Waals surface area contributed by atoms with Gasteiger partial charge in [-0.15, -0.1) is 0 Å². The Morgan fingerprint density at radius 1 is 1.33 bits per heavy atom. The monoisotopic (exact) mass is 206 g/mol. The van der Waals surface area contributed by atoms with Gasteiger partial charge in [-0.3, -0.25) is 0 Å². The second kappa shape index (κ2) is 4.43.